The van der Waals surface area contributed by atoms with Crippen molar-refractivity contribution in [3.63, 3.8) is 0 Å². The van der Waals surface area contributed by atoms with E-state index < -0.39 is 6.10 Å². The van der Waals surface area contributed by atoms with E-state index in [9.17, 15) is 5.11 Å². The Morgan fingerprint density at radius 2 is 1.57 bits per heavy atom. The zero-order valence-corrected chi connectivity index (χ0v) is 17.4. The number of aliphatic hydroxyl groups is 1. The summed E-state index contributed by atoms with van der Waals surface area (Å²) in [5.74, 6) is 1.64. The molecule has 0 bridgehead atoms. The summed E-state index contributed by atoms with van der Waals surface area (Å²) in [5, 5.41) is 11.2. The summed E-state index contributed by atoms with van der Waals surface area (Å²) in [6.07, 6.45) is 4.51. The van der Waals surface area contributed by atoms with Gasteiger partial charge >= 0.3 is 0 Å². The number of nitrogens with one attached hydrogen (secondary N) is 1. The number of benzene rings is 2. The van der Waals surface area contributed by atoms with Gasteiger partial charge in [0.15, 0.2) is 0 Å². The highest BCUT2D eigenvalue weighted by atomic mass is 16.5. The van der Waals surface area contributed by atoms with Crippen LogP contribution in [0.15, 0.2) is 54.6 Å². The van der Waals surface area contributed by atoms with Gasteiger partial charge in [-0.15, -0.1) is 0 Å². The molecule has 2 aromatic carbocycles. The highest BCUT2D eigenvalue weighted by molar-refractivity contribution is 5.31. The fourth-order valence-corrected chi connectivity index (χ4v) is 4.08. The van der Waals surface area contributed by atoms with Gasteiger partial charge in [-0.1, -0.05) is 56.3 Å². The number of likely N-dealkylation sites (tertiary alicyclic amines) is 1. The second-order valence-corrected chi connectivity index (χ2v) is 8.58. The lowest BCUT2D eigenvalue weighted by Gasteiger charge is -2.30. The van der Waals surface area contributed by atoms with Crippen LogP contribution in [0.25, 0.3) is 0 Å². The Bertz CT molecular complexity index is 677. The molecular formula is C25H36NO2+. The number of quaternary nitrogens is 1. The van der Waals surface area contributed by atoms with E-state index >= 15 is 0 Å². The minimum Gasteiger partial charge on any atom is -0.494 e. The quantitative estimate of drug-likeness (QED) is 0.687. The number of aliphatic hydroxyl groups excluding tert-OH is 1. The Kier molecular flexibility index (Phi) is 7.93. The summed E-state index contributed by atoms with van der Waals surface area (Å²) < 4.78 is 5.83. The predicted molar refractivity (Wildman–Crippen MR) is 115 cm³/mol. The van der Waals surface area contributed by atoms with Gasteiger partial charge in [0, 0.05) is 0 Å². The summed E-state index contributed by atoms with van der Waals surface area (Å²) in [7, 11) is 0. The lowest BCUT2D eigenvalue weighted by molar-refractivity contribution is -0.906. The largest absolute Gasteiger partial charge is 0.494 e. The van der Waals surface area contributed by atoms with Crippen LogP contribution >= 0.6 is 0 Å². The van der Waals surface area contributed by atoms with Gasteiger partial charge in [-0.05, 0) is 54.9 Å². The van der Waals surface area contributed by atoms with E-state index in [0.717, 1.165) is 30.9 Å². The number of rotatable bonds is 9. The maximum Gasteiger partial charge on any atom is 0.119 e. The molecule has 0 saturated carbocycles. The highest BCUT2D eigenvalue weighted by Crippen LogP contribution is 2.31. The molecule has 2 aromatic rings. The van der Waals surface area contributed by atoms with Gasteiger partial charge < -0.3 is 14.7 Å². The number of hydrogen-bond acceptors (Lipinski definition) is 2. The van der Waals surface area contributed by atoms with E-state index in [1.807, 2.05) is 30.3 Å². The fraction of sp³-hybridized carbons (Fsp3) is 0.520. The second kappa shape index (κ2) is 10.6. The van der Waals surface area contributed by atoms with Crippen LogP contribution in [-0.4, -0.2) is 31.3 Å². The Hall–Kier alpha value is -1.84. The SMILES string of the molecule is CC(C)CCOc1ccc([C@@H](O)[C@H](C[NH+]2CCCCC2)c2ccccc2)cc1. The average Bonchev–Trinajstić information content (AvgIpc) is 2.73. The van der Waals surface area contributed by atoms with E-state index in [2.05, 4.69) is 38.1 Å². The molecule has 1 aliphatic heterocycles. The van der Waals surface area contributed by atoms with Crippen LogP contribution in [0.2, 0.25) is 0 Å². The van der Waals surface area contributed by atoms with Crippen molar-refractivity contribution in [2.24, 2.45) is 5.92 Å². The third-order valence-electron chi connectivity index (χ3n) is 5.86. The maximum atomic E-state index is 11.2. The zero-order valence-electron chi connectivity index (χ0n) is 17.4. The third kappa shape index (κ3) is 6.08. The first-order chi connectivity index (χ1) is 13.6. The van der Waals surface area contributed by atoms with Crippen LogP contribution in [0.1, 0.15) is 62.7 Å². The van der Waals surface area contributed by atoms with Crippen molar-refractivity contribution in [1.82, 2.24) is 0 Å². The van der Waals surface area contributed by atoms with Gasteiger partial charge in [-0.2, -0.15) is 0 Å². The van der Waals surface area contributed by atoms with Gasteiger partial charge in [-0.25, -0.2) is 0 Å². The summed E-state index contributed by atoms with van der Waals surface area (Å²) in [6, 6.07) is 18.5. The van der Waals surface area contributed by atoms with Gasteiger partial charge in [0.2, 0.25) is 0 Å². The molecule has 0 aromatic heterocycles. The molecule has 3 heteroatoms. The molecule has 0 aliphatic carbocycles. The van der Waals surface area contributed by atoms with E-state index in [-0.39, 0.29) is 5.92 Å². The molecule has 3 rings (SSSR count). The van der Waals surface area contributed by atoms with Crippen LogP contribution in [0.4, 0.5) is 0 Å². The first-order valence-corrected chi connectivity index (χ1v) is 10.9. The summed E-state index contributed by atoms with van der Waals surface area (Å²) >= 11 is 0. The fourth-order valence-electron chi connectivity index (χ4n) is 4.08. The maximum absolute atomic E-state index is 11.2. The molecule has 0 amide bonds. The van der Waals surface area contributed by atoms with E-state index in [0.29, 0.717) is 5.92 Å². The van der Waals surface area contributed by atoms with Crippen molar-refractivity contribution in [3.8, 4) is 5.75 Å². The number of piperidine rings is 1. The van der Waals surface area contributed by atoms with Crippen molar-refractivity contribution in [1.29, 1.82) is 0 Å². The first kappa shape index (κ1) is 20.9. The summed E-state index contributed by atoms with van der Waals surface area (Å²) in [6.45, 7) is 8.58. The van der Waals surface area contributed by atoms with Crippen LogP contribution in [0.5, 0.6) is 5.75 Å². The molecule has 1 saturated heterocycles. The summed E-state index contributed by atoms with van der Waals surface area (Å²) in [5.41, 5.74) is 2.20. The molecule has 3 nitrogen and oxygen atoms in total. The molecule has 1 aliphatic rings. The smallest absolute Gasteiger partial charge is 0.119 e. The van der Waals surface area contributed by atoms with Crippen LogP contribution < -0.4 is 9.64 Å². The highest BCUT2D eigenvalue weighted by Gasteiger charge is 2.28. The van der Waals surface area contributed by atoms with E-state index in [1.165, 1.54) is 37.9 Å². The van der Waals surface area contributed by atoms with Gasteiger partial charge in [0.05, 0.1) is 38.3 Å². The van der Waals surface area contributed by atoms with E-state index in [4.69, 9.17) is 4.74 Å². The Morgan fingerprint density at radius 1 is 0.893 bits per heavy atom. The zero-order chi connectivity index (χ0) is 19.8. The molecule has 0 spiro atoms. The minimum atomic E-state index is -0.499. The lowest BCUT2D eigenvalue weighted by atomic mass is 9.88. The van der Waals surface area contributed by atoms with Crippen molar-refractivity contribution in [3.05, 3.63) is 65.7 Å². The van der Waals surface area contributed by atoms with Crippen molar-refractivity contribution in [2.75, 3.05) is 26.2 Å². The van der Waals surface area contributed by atoms with Gasteiger partial charge in [0.25, 0.3) is 0 Å². The van der Waals surface area contributed by atoms with Gasteiger partial charge in [0.1, 0.15) is 5.75 Å². The Balaban J connectivity index is 1.70. The molecular weight excluding hydrogens is 346 g/mol. The normalized spacial score (nSPS) is 17.4. The first-order valence-electron chi connectivity index (χ1n) is 10.9. The molecule has 0 unspecified atom stereocenters. The molecule has 0 radical (unpaired) electrons. The Labute approximate surface area is 170 Å². The molecule has 152 valence electrons. The predicted octanol–water partition coefficient (Wildman–Crippen LogP) is 4.00. The molecule has 2 atom stereocenters. The lowest BCUT2D eigenvalue weighted by Crippen LogP contribution is -3.13. The topological polar surface area (TPSA) is 33.9 Å². The van der Waals surface area contributed by atoms with E-state index in [1.54, 1.807) is 4.90 Å². The number of hydrogen-bond donors (Lipinski definition) is 2. The second-order valence-electron chi connectivity index (χ2n) is 8.58. The monoisotopic (exact) mass is 382 g/mol. The number of ether oxygens (including phenoxy) is 1. The average molecular weight is 383 g/mol. The van der Waals surface area contributed by atoms with Crippen molar-refractivity contribution < 1.29 is 14.7 Å². The van der Waals surface area contributed by atoms with Crippen LogP contribution in [0, 0.1) is 5.92 Å². The Morgan fingerprint density at radius 3 is 2.21 bits per heavy atom. The van der Waals surface area contributed by atoms with Crippen LogP contribution in [0.3, 0.4) is 0 Å². The molecule has 1 fully saturated rings. The molecule has 28 heavy (non-hydrogen) atoms. The van der Waals surface area contributed by atoms with Gasteiger partial charge in [-0.3, -0.25) is 0 Å². The van der Waals surface area contributed by atoms with Crippen molar-refractivity contribution in [2.45, 2.75) is 51.6 Å². The third-order valence-corrected chi connectivity index (χ3v) is 5.86. The summed E-state index contributed by atoms with van der Waals surface area (Å²) in [4.78, 5) is 1.62. The molecule has 2 N–H and O–H groups in total. The minimum absolute atomic E-state index is 0.113. The standard InChI is InChI=1S/C25H35NO2/c1-20(2)15-18-28-23-13-11-22(12-14-23)25(27)24(21-9-5-3-6-10-21)19-26-16-7-4-8-17-26/h3,5-6,9-14,20,24-25,27H,4,7-8,15-19H2,1-2H3/p+1/t24-,25-/m1/s1. The van der Waals surface area contributed by atoms with Crippen molar-refractivity contribution >= 4 is 0 Å². The molecule has 1 heterocycles. The van der Waals surface area contributed by atoms with Crippen LogP contribution in [-0.2, 0) is 0 Å².